The van der Waals surface area contributed by atoms with Crippen molar-refractivity contribution in [3.63, 3.8) is 0 Å². The van der Waals surface area contributed by atoms with Gasteiger partial charge in [0.15, 0.2) is 0 Å². The molecule has 16 heavy (non-hydrogen) atoms. The third-order valence-corrected chi connectivity index (χ3v) is 3.71. The number of nitrogens with zero attached hydrogens (tertiary/aromatic N) is 1. The Hall–Kier alpha value is -0.770. The molecule has 0 spiro atoms. The van der Waals surface area contributed by atoms with Crippen LogP contribution in [0.3, 0.4) is 0 Å². The molecule has 1 aliphatic heterocycles. The van der Waals surface area contributed by atoms with Gasteiger partial charge in [-0.1, -0.05) is 6.92 Å². The van der Waals surface area contributed by atoms with Crippen LogP contribution in [-0.2, 0) is 0 Å². The lowest BCUT2D eigenvalue weighted by molar-refractivity contribution is 0.170. The van der Waals surface area contributed by atoms with Crippen molar-refractivity contribution in [3.05, 3.63) is 0 Å². The summed E-state index contributed by atoms with van der Waals surface area (Å²) in [7, 11) is 0. The van der Waals surface area contributed by atoms with Gasteiger partial charge in [-0.2, -0.15) is 0 Å². The molecule has 2 fully saturated rings. The summed E-state index contributed by atoms with van der Waals surface area (Å²) in [5.74, 6) is 0. The van der Waals surface area contributed by atoms with Gasteiger partial charge in [-0.05, 0) is 38.6 Å². The first-order valence-corrected chi connectivity index (χ1v) is 6.59. The second-order valence-electron chi connectivity index (χ2n) is 4.88. The smallest absolute Gasteiger partial charge is 0.317 e. The first kappa shape index (κ1) is 11.7. The van der Waals surface area contributed by atoms with Gasteiger partial charge < -0.3 is 15.5 Å². The standard InChI is InChI=1S/C12H23N3O/c1-2-7-13-10-3-5-11(6-4-10)15-9-8-14-12(15)16/h10-11,13H,2-9H2,1H3,(H,14,16). The Labute approximate surface area is 97.8 Å². The highest BCUT2D eigenvalue weighted by molar-refractivity contribution is 5.76. The van der Waals surface area contributed by atoms with Crippen LogP contribution in [0, 0.1) is 0 Å². The molecule has 0 unspecified atom stereocenters. The average molecular weight is 225 g/mol. The molecule has 1 aliphatic carbocycles. The van der Waals surface area contributed by atoms with Crippen LogP contribution in [-0.4, -0.2) is 42.6 Å². The van der Waals surface area contributed by atoms with Crippen LogP contribution in [0.1, 0.15) is 39.0 Å². The Bertz CT molecular complexity index is 236. The number of rotatable bonds is 4. The molecule has 4 nitrogen and oxygen atoms in total. The zero-order chi connectivity index (χ0) is 11.4. The highest BCUT2D eigenvalue weighted by atomic mass is 16.2. The minimum Gasteiger partial charge on any atom is -0.336 e. The molecule has 1 saturated carbocycles. The largest absolute Gasteiger partial charge is 0.336 e. The van der Waals surface area contributed by atoms with Crippen molar-refractivity contribution in [1.82, 2.24) is 15.5 Å². The molecule has 2 amide bonds. The fourth-order valence-electron chi connectivity index (χ4n) is 2.77. The topological polar surface area (TPSA) is 44.4 Å². The number of nitrogens with one attached hydrogen (secondary N) is 2. The fourth-order valence-corrected chi connectivity index (χ4v) is 2.77. The normalized spacial score (nSPS) is 30.6. The Kier molecular flexibility index (Phi) is 4.04. The van der Waals surface area contributed by atoms with Crippen LogP contribution in [0.4, 0.5) is 4.79 Å². The summed E-state index contributed by atoms with van der Waals surface area (Å²) in [6.45, 7) is 5.05. The van der Waals surface area contributed by atoms with E-state index >= 15 is 0 Å². The van der Waals surface area contributed by atoms with E-state index in [0.29, 0.717) is 12.1 Å². The van der Waals surface area contributed by atoms with Crippen molar-refractivity contribution in [1.29, 1.82) is 0 Å². The fraction of sp³-hybridized carbons (Fsp3) is 0.917. The number of hydrogen-bond acceptors (Lipinski definition) is 2. The van der Waals surface area contributed by atoms with Gasteiger partial charge in [-0.25, -0.2) is 4.79 Å². The predicted octanol–water partition coefficient (Wildman–Crippen LogP) is 1.32. The molecule has 0 aromatic rings. The summed E-state index contributed by atoms with van der Waals surface area (Å²) in [5.41, 5.74) is 0. The summed E-state index contributed by atoms with van der Waals surface area (Å²) < 4.78 is 0. The van der Waals surface area contributed by atoms with Gasteiger partial charge >= 0.3 is 6.03 Å². The summed E-state index contributed by atoms with van der Waals surface area (Å²) in [6.07, 6.45) is 5.96. The summed E-state index contributed by atoms with van der Waals surface area (Å²) in [5, 5.41) is 6.46. The summed E-state index contributed by atoms with van der Waals surface area (Å²) >= 11 is 0. The van der Waals surface area contributed by atoms with Gasteiger partial charge in [0.1, 0.15) is 0 Å². The maximum absolute atomic E-state index is 11.5. The molecule has 1 saturated heterocycles. The van der Waals surface area contributed by atoms with Crippen LogP contribution in [0.5, 0.6) is 0 Å². The van der Waals surface area contributed by atoms with E-state index in [1.807, 2.05) is 4.90 Å². The van der Waals surface area contributed by atoms with E-state index in [4.69, 9.17) is 0 Å². The Morgan fingerprint density at radius 2 is 2.12 bits per heavy atom. The van der Waals surface area contributed by atoms with E-state index in [1.54, 1.807) is 0 Å². The van der Waals surface area contributed by atoms with E-state index < -0.39 is 0 Å². The van der Waals surface area contributed by atoms with Gasteiger partial charge in [-0.15, -0.1) is 0 Å². The maximum atomic E-state index is 11.5. The van der Waals surface area contributed by atoms with Crippen LogP contribution >= 0.6 is 0 Å². The lowest BCUT2D eigenvalue weighted by Crippen LogP contribution is -2.43. The second-order valence-corrected chi connectivity index (χ2v) is 4.88. The monoisotopic (exact) mass is 225 g/mol. The lowest BCUT2D eigenvalue weighted by Gasteiger charge is -2.34. The zero-order valence-corrected chi connectivity index (χ0v) is 10.2. The average Bonchev–Trinajstić information content (AvgIpc) is 2.74. The number of carbonyl (C=O) groups is 1. The maximum Gasteiger partial charge on any atom is 0.317 e. The van der Waals surface area contributed by atoms with Crippen molar-refractivity contribution in [2.75, 3.05) is 19.6 Å². The highest BCUT2D eigenvalue weighted by Crippen LogP contribution is 2.24. The SMILES string of the molecule is CCCNC1CCC(N2CCNC2=O)CC1. The number of amides is 2. The molecule has 92 valence electrons. The Balaban J connectivity index is 1.74. The Morgan fingerprint density at radius 1 is 1.38 bits per heavy atom. The number of urea groups is 1. The van der Waals surface area contributed by atoms with E-state index in [9.17, 15) is 4.79 Å². The molecule has 0 aromatic carbocycles. The molecule has 2 N–H and O–H groups in total. The molecule has 0 aromatic heterocycles. The first-order chi connectivity index (χ1) is 7.81. The first-order valence-electron chi connectivity index (χ1n) is 6.59. The van der Waals surface area contributed by atoms with Crippen LogP contribution in [0.25, 0.3) is 0 Å². The molecule has 4 heteroatoms. The van der Waals surface area contributed by atoms with Crippen LogP contribution in [0.2, 0.25) is 0 Å². The molecule has 1 heterocycles. The lowest BCUT2D eigenvalue weighted by atomic mass is 9.90. The van der Waals surface area contributed by atoms with Crippen molar-refractivity contribution < 1.29 is 4.79 Å². The number of carbonyl (C=O) groups excluding carboxylic acids is 1. The molecule has 2 aliphatic rings. The molecule has 0 atom stereocenters. The highest BCUT2D eigenvalue weighted by Gasteiger charge is 2.30. The minimum atomic E-state index is 0.143. The number of hydrogen-bond donors (Lipinski definition) is 2. The van der Waals surface area contributed by atoms with E-state index in [1.165, 1.54) is 19.3 Å². The van der Waals surface area contributed by atoms with Gasteiger partial charge in [0.05, 0.1) is 0 Å². The molecular formula is C12H23N3O. The molecule has 0 radical (unpaired) electrons. The van der Waals surface area contributed by atoms with E-state index in [0.717, 1.165) is 32.5 Å². The van der Waals surface area contributed by atoms with Crippen molar-refractivity contribution in [2.45, 2.75) is 51.1 Å². The van der Waals surface area contributed by atoms with Crippen molar-refractivity contribution in [3.8, 4) is 0 Å². The molecule has 0 bridgehead atoms. The second kappa shape index (κ2) is 5.53. The quantitative estimate of drug-likeness (QED) is 0.758. The molecular weight excluding hydrogens is 202 g/mol. The van der Waals surface area contributed by atoms with Gasteiger partial charge in [0.2, 0.25) is 0 Å². The Morgan fingerprint density at radius 3 is 2.69 bits per heavy atom. The summed E-state index contributed by atoms with van der Waals surface area (Å²) in [6, 6.07) is 1.31. The zero-order valence-electron chi connectivity index (χ0n) is 10.2. The van der Waals surface area contributed by atoms with Crippen molar-refractivity contribution in [2.24, 2.45) is 0 Å². The van der Waals surface area contributed by atoms with Gasteiger partial charge in [-0.3, -0.25) is 0 Å². The van der Waals surface area contributed by atoms with E-state index in [2.05, 4.69) is 17.6 Å². The van der Waals surface area contributed by atoms with Crippen LogP contribution < -0.4 is 10.6 Å². The van der Waals surface area contributed by atoms with E-state index in [-0.39, 0.29) is 6.03 Å². The molecule has 2 rings (SSSR count). The van der Waals surface area contributed by atoms with Crippen LogP contribution in [0.15, 0.2) is 0 Å². The third-order valence-electron chi connectivity index (χ3n) is 3.71. The predicted molar refractivity (Wildman–Crippen MR) is 64.4 cm³/mol. The minimum absolute atomic E-state index is 0.143. The summed E-state index contributed by atoms with van der Waals surface area (Å²) in [4.78, 5) is 13.6. The van der Waals surface area contributed by atoms with Gasteiger partial charge in [0.25, 0.3) is 0 Å². The van der Waals surface area contributed by atoms with Gasteiger partial charge in [0, 0.05) is 25.2 Å². The van der Waals surface area contributed by atoms with Crippen molar-refractivity contribution >= 4 is 6.03 Å². The third kappa shape index (κ3) is 2.67.